The first-order valence-corrected chi connectivity index (χ1v) is 9.13. The summed E-state index contributed by atoms with van der Waals surface area (Å²) in [4.78, 5) is 18.2. The number of likely N-dealkylation sites (tertiary alicyclic amines) is 1. The van der Waals surface area contributed by atoms with Crippen molar-refractivity contribution in [3.63, 3.8) is 0 Å². The molecule has 28 heavy (non-hydrogen) atoms. The Bertz CT molecular complexity index is 651. The number of rotatable bonds is 5. The summed E-state index contributed by atoms with van der Waals surface area (Å²) in [6, 6.07) is 5.17. The van der Waals surface area contributed by atoms with Gasteiger partial charge in [0.05, 0.1) is 18.1 Å². The summed E-state index contributed by atoms with van der Waals surface area (Å²) < 4.78 is 42.9. The molecule has 0 aromatic heterocycles. The average molecular weight is 513 g/mol. The summed E-state index contributed by atoms with van der Waals surface area (Å²) in [6.45, 7) is 4.06. The standard InChI is InChI=1S/C19H26F3N3O2.HI/c1-3-27-17(26)15-5-4-12-25(13-15)18(23-2)24-11-10-14-6-8-16(9-7-14)19(20,21)22;/h6-9,15H,3-5,10-13H2,1-2H3,(H,23,24);1H. The van der Waals surface area contributed by atoms with Crippen molar-refractivity contribution in [2.75, 3.05) is 33.3 Å². The van der Waals surface area contributed by atoms with E-state index in [-0.39, 0.29) is 35.9 Å². The van der Waals surface area contributed by atoms with Gasteiger partial charge in [-0.1, -0.05) is 12.1 Å². The highest BCUT2D eigenvalue weighted by atomic mass is 127. The predicted octanol–water partition coefficient (Wildman–Crippen LogP) is 3.72. The number of guanidine groups is 1. The fourth-order valence-electron chi connectivity index (χ4n) is 3.13. The van der Waals surface area contributed by atoms with Gasteiger partial charge >= 0.3 is 12.1 Å². The summed E-state index contributed by atoms with van der Waals surface area (Å²) in [5.41, 5.74) is 0.169. The molecule has 1 aromatic carbocycles. The Kier molecular flexibility index (Phi) is 10.0. The number of esters is 1. The molecule has 9 heteroatoms. The maximum Gasteiger partial charge on any atom is 0.416 e. The van der Waals surface area contributed by atoms with Crippen LogP contribution in [0.25, 0.3) is 0 Å². The Balaban J connectivity index is 0.00000392. The van der Waals surface area contributed by atoms with Crippen LogP contribution in [0.2, 0.25) is 0 Å². The van der Waals surface area contributed by atoms with Crippen molar-refractivity contribution >= 4 is 35.9 Å². The first kappa shape index (κ1) is 24.5. The van der Waals surface area contributed by atoms with E-state index in [0.717, 1.165) is 37.1 Å². The predicted molar refractivity (Wildman–Crippen MR) is 113 cm³/mol. The smallest absolute Gasteiger partial charge is 0.416 e. The lowest BCUT2D eigenvalue weighted by Gasteiger charge is -2.34. The highest BCUT2D eigenvalue weighted by Crippen LogP contribution is 2.29. The molecule has 0 spiro atoms. The number of nitrogens with one attached hydrogen (secondary N) is 1. The van der Waals surface area contributed by atoms with E-state index < -0.39 is 11.7 Å². The Morgan fingerprint density at radius 3 is 2.57 bits per heavy atom. The molecule has 0 aliphatic carbocycles. The molecule has 0 saturated carbocycles. The number of hydrogen-bond acceptors (Lipinski definition) is 3. The third-order valence-electron chi connectivity index (χ3n) is 4.53. The third-order valence-corrected chi connectivity index (χ3v) is 4.53. The summed E-state index contributed by atoms with van der Waals surface area (Å²) >= 11 is 0. The van der Waals surface area contributed by atoms with Crippen LogP contribution in [0.4, 0.5) is 13.2 Å². The van der Waals surface area contributed by atoms with E-state index in [4.69, 9.17) is 4.74 Å². The minimum absolute atomic E-state index is 0. The SMILES string of the molecule is CCOC(=O)C1CCCN(C(=NC)NCCc2ccc(C(F)(F)F)cc2)C1.I. The van der Waals surface area contributed by atoms with E-state index in [2.05, 4.69) is 10.3 Å². The van der Waals surface area contributed by atoms with Gasteiger partial charge in [0.15, 0.2) is 5.96 Å². The van der Waals surface area contributed by atoms with Crippen LogP contribution in [0.3, 0.4) is 0 Å². The average Bonchev–Trinajstić information content (AvgIpc) is 2.65. The number of carbonyl (C=O) groups is 1. The summed E-state index contributed by atoms with van der Waals surface area (Å²) in [7, 11) is 1.68. The zero-order chi connectivity index (χ0) is 19.9. The number of nitrogens with zero attached hydrogens (tertiary/aromatic N) is 2. The molecule has 1 saturated heterocycles. The van der Waals surface area contributed by atoms with Gasteiger partial charge in [-0.3, -0.25) is 9.79 Å². The molecule has 0 amide bonds. The first-order chi connectivity index (χ1) is 12.8. The fourth-order valence-corrected chi connectivity index (χ4v) is 3.13. The summed E-state index contributed by atoms with van der Waals surface area (Å²) in [5.74, 6) is 0.352. The molecule has 1 unspecified atom stereocenters. The molecule has 1 heterocycles. The number of alkyl halides is 3. The molecule has 1 N–H and O–H groups in total. The van der Waals surface area contributed by atoms with Crippen molar-refractivity contribution in [1.82, 2.24) is 10.2 Å². The largest absolute Gasteiger partial charge is 0.466 e. The van der Waals surface area contributed by atoms with Gasteiger partial charge in [-0.15, -0.1) is 24.0 Å². The zero-order valence-corrected chi connectivity index (χ0v) is 18.4. The van der Waals surface area contributed by atoms with Gasteiger partial charge in [-0.05, 0) is 43.9 Å². The highest BCUT2D eigenvalue weighted by Gasteiger charge is 2.30. The number of ether oxygens (including phenoxy) is 1. The summed E-state index contributed by atoms with van der Waals surface area (Å²) in [6.07, 6.45) is -2.06. The van der Waals surface area contributed by atoms with E-state index in [1.165, 1.54) is 12.1 Å². The highest BCUT2D eigenvalue weighted by molar-refractivity contribution is 14.0. The molecule has 1 fully saturated rings. The second-order valence-electron chi connectivity index (χ2n) is 6.46. The maximum atomic E-state index is 12.6. The number of halogens is 4. The number of piperidine rings is 1. The van der Waals surface area contributed by atoms with Gasteiger partial charge in [-0.2, -0.15) is 13.2 Å². The molecule has 1 atom stereocenters. The van der Waals surface area contributed by atoms with Crippen molar-refractivity contribution in [1.29, 1.82) is 0 Å². The molecule has 5 nitrogen and oxygen atoms in total. The number of benzene rings is 1. The van der Waals surface area contributed by atoms with E-state index in [1.54, 1.807) is 14.0 Å². The molecule has 1 aliphatic heterocycles. The molecular formula is C19H27F3IN3O2. The second kappa shape index (κ2) is 11.5. The molecular weight excluding hydrogens is 486 g/mol. The number of hydrogen-bond donors (Lipinski definition) is 1. The van der Waals surface area contributed by atoms with Crippen LogP contribution in [-0.4, -0.2) is 50.1 Å². The minimum Gasteiger partial charge on any atom is -0.466 e. The van der Waals surface area contributed by atoms with Crippen LogP contribution in [0.5, 0.6) is 0 Å². The van der Waals surface area contributed by atoms with Gasteiger partial charge in [0.25, 0.3) is 0 Å². The Hall–Kier alpha value is -1.52. The zero-order valence-electron chi connectivity index (χ0n) is 16.1. The van der Waals surface area contributed by atoms with Crippen LogP contribution >= 0.6 is 24.0 Å². The van der Waals surface area contributed by atoms with Crippen LogP contribution in [0, 0.1) is 5.92 Å². The van der Waals surface area contributed by atoms with Crippen LogP contribution in [-0.2, 0) is 22.1 Å². The van der Waals surface area contributed by atoms with Crippen molar-refractivity contribution in [3.05, 3.63) is 35.4 Å². The van der Waals surface area contributed by atoms with Gasteiger partial charge in [0, 0.05) is 26.7 Å². The lowest BCUT2D eigenvalue weighted by molar-refractivity contribution is -0.149. The third kappa shape index (κ3) is 7.14. The van der Waals surface area contributed by atoms with Crippen LogP contribution in [0.1, 0.15) is 30.9 Å². The number of carbonyl (C=O) groups excluding carboxylic acids is 1. The Morgan fingerprint density at radius 1 is 1.32 bits per heavy atom. The van der Waals surface area contributed by atoms with Gasteiger partial charge in [-0.25, -0.2) is 0 Å². The van der Waals surface area contributed by atoms with E-state index >= 15 is 0 Å². The van der Waals surface area contributed by atoms with Crippen molar-refractivity contribution in [2.45, 2.75) is 32.4 Å². The molecule has 1 aromatic rings. The Labute approximate surface area is 180 Å². The fraction of sp³-hybridized carbons (Fsp3) is 0.579. The maximum absolute atomic E-state index is 12.6. The summed E-state index contributed by atoms with van der Waals surface area (Å²) in [5, 5.41) is 3.23. The molecule has 158 valence electrons. The topological polar surface area (TPSA) is 53.9 Å². The Morgan fingerprint density at radius 2 is 2.00 bits per heavy atom. The monoisotopic (exact) mass is 513 g/mol. The van der Waals surface area contributed by atoms with Crippen molar-refractivity contribution < 1.29 is 22.7 Å². The van der Waals surface area contributed by atoms with Gasteiger partial charge in [0.1, 0.15) is 0 Å². The molecule has 2 rings (SSSR count). The molecule has 0 radical (unpaired) electrons. The molecule has 0 bridgehead atoms. The van der Waals surface area contributed by atoms with Crippen molar-refractivity contribution in [3.8, 4) is 0 Å². The van der Waals surface area contributed by atoms with Crippen LogP contribution < -0.4 is 5.32 Å². The first-order valence-electron chi connectivity index (χ1n) is 9.13. The van der Waals surface area contributed by atoms with E-state index in [0.29, 0.717) is 32.1 Å². The van der Waals surface area contributed by atoms with Gasteiger partial charge < -0.3 is 15.0 Å². The lowest BCUT2D eigenvalue weighted by atomic mass is 9.98. The normalized spacial score (nSPS) is 17.7. The quantitative estimate of drug-likeness (QED) is 0.283. The van der Waals surface area contributed by atoms with Crippen molar-refractivity contribution in [2.24, 2.45) is 10.9 Å². The molecule has 1 aliphatic rings. The minimum atomic E-state index is -4.32. The van der Waals surface area contributed by atoms with E-state index in [1.807, 2.05) is 4.90 Å². The van der Waals surface area contributed by atoms with E-state index in [9.17, 15) is 18.0 Å². The number of aliphatic imine (C=N–C) groups is 1. The van der Waals surface area contributed by atoms with Crippen LogP contribution in [0.15, 0.2) is 29.3 Å². The second-order valence-corrected chi connectivity index (χ2v) is 6.46. The van der Waals surface area contributed by atoms with Gasteiger partial charge in [0.2, 0.25) is 0 Å². The lowest BCUT2D eigenvalue weighted by Crippen LogP contribution is -2.48.